The molecule has 0 saturated carbocycles. The van der Waals surface area contributed by atoms with E-state index in [-0.39, 0.29) is 0 Å². The highest BCUT2D eigenvalue weighted by atomic mass is 16.3. The summed E-state index contributed by atoms with van der Waals surface area (Å²) >= 11 is 0. The number of nitrogens with one attached hydrogen (secondary N) is 1. The van der Waals surface area contributed by atoms with Crippen molar-refractivity contribution in [1.82, 2.24) is 5.01 Å². The molecule has 1 rings (SSSR count). The number of aryl methyl sites for hydroxylation is 1. The van der Waals surface area contributed by atoms with Crippen LogP contribution in [0.3, 0.4) is 0 Å². The second-order valence-corrected chi connectivity index (χ2v) is 2.90. The molecule has 0 spiro atoms. The van der Waals surface area contributed by atoms with E-state index in [1.165, 1.54) is 7.05 Å². The SMILES string of the molecule is Cc1ccc(NC(=O)N(C)N=O)cc1. The van der Waals surface area contributed by atoms with Crippen molar-refractivity contribution in [1.29, 1.82) is 0 Å². The maximum absolute atomic E-state index is 11.1. The van der Waals surface area contributed by atoms with Crippen molar-refractivity contribution in [2.24, 2.45) is 5.29 Å². The summed E-state index contributed by atoms with van der Waals surface area (Å²) in [5, 5.41) is 5.68. The summed E-state index contributed by atoms with van der Waals surface area (Å²) in [7, 11) is 1.29. The Morgan fingerprint density at radius 1 is 1.36 bits per heavy atom. The molecule has 0 aliphatic rings. The topological polar surface area (TPSA) is 61.8 Å². The molecule has 1 N–H and O–H groups in total. The second-order valence-electron chi connectivity index (χ2n) is 2.90. The molecule has 14 heavy (non-hydrogen) atoms. The molecule has 5 nitrogen and oxygen atoms in total. The number of nitrogens with zero attached hydrogens (tertiary/aromatic N) is 2. The van der Waals surface area contributed by atoms with E-state index in [4.69, 9.17) is 0 Å². The quantitative estimate of drug-likeness (QED) is 0.577. The fourth-order valence-electron chi connectivity index (χ4n) is 0.878. The number of nitroso groups, excluding NO2 is 1. The van der Waals surface area contributed by atoms with E-state index in [1.54, 1.807) is 12.1 Å². The third-order valence-corrected chi connectivity index (χ3v) is 1.72. The molecule has 0 aliphatic carbocycles. The van der Waals surface area contributed by atoms with Crippen LogP contribution >= 0.6 is 0 Å². The van der Waals surface area contributed by atoms with Gasteiger partial charge in [0, 0.05) is 12.7 Å². The first kappa shape index (κ1) is 10.2. The Balaban J connectivity index is 2.65. The molecule has 2 amide bonds. The Labute approximate surface area is 81.7 Å². The molecule has 0 unspecified atom stereocenters. The summed E-state index contributed by atoms with van der Waals surface area (Å²) in [4.78, 5) is 21.2. The minimum atomic E-state index is -0.552. The highest BCUT2D eigenvalue weighted by Gasteiger charge is 2.07. The van der Waals surface area contributed by atoms with Gasteiger partial charge in [0.25, 0.3) is 0 Å². The summed E-state index contributed by atoms with van der Waals surface area (Å²) < 4.78 is 0. The Morgan fingerprint density at radius 3 is 2.43 bits per heavy atom. The summed E-state index contributed by atoms with van der Waals surface area (Å²) in [6.07, 6.45) is 0. The molecule has 5 heteroatoms. The molecule has 74 valence electrons. The molecule has 1 aromatic carbocycles. The van der Waals surface area contributed by atoms with Crippen molar-refractivity contribution < 1.29 is 4.79 Å². The van der Waals surface area contributed by atoms with Gasteiger partial charge in [-0.3, -0.25) is 0 Å². The highest BCUT2D eigenvalue weighted by molar-refractivity contribution is 5.88. The number of carbonyl (C=O) groups is 1. The number of rotatable bonds is 2. The van der Waals surface area contributed by atoms with Gasteiger partial charge in [-0.15, -0.1) is 4.91 Å². The first-order chi connectivity index (χ1) is 6.63. The van der Waals surface area contributed by atoms with E-state index in [2.05, 4.69) is 10.6 Å². The lowest BCUT2D eigenvalue weighted by atomic mass is 10.2. The molecule has 0 bridgehead atoms. The number of hydrogen-bond donors (Lipinski definition) is 1. The summed E-state index contributed by atoms with van der Waals surface area (Å²) in [6.45, 7) is 1.95. The van der Waals surface area contributed by atoms with Crippen LogP contribution in [-0.2, 0) is 0 Å². The first-order valence-corrected chi connectivity index (χ1v) is 4.08. The van der Waals surface area contributed by atoms with Crippen molar-refractivity contribution in [2.75, 3.05) is 12.4 Å². The van der Waals surface area contributed by atoms with E-state index in [0.717, 1.165) is 5.56 Å². The van der Waals surface area contributed by atoms with Crippen LogP contribution in [0.1, 0.15) is 5.56 Å². The lowest BCUT2D eigenvalue weighted by Gasteiger charge is -2.08. The highest BCUT2D eigenvalue weighted by Crippen LogP contribution is 2.08. The molecular weight excluding hydrogens is 182 g/mol. The van der Waals surface area contributed by atoms with Gasteiger partial charge in [0.1, 0.15) is 0 Å². The van der Waals surface area contributed by atoms with Crippen LogP contribution in [0.2, 0.25) is 0 Å². The molecule has 0 heterocycles. The summed E-state index contributed by atoms with van der Waals surface area (Å²) in [5.74, 6) is 0. The molecule has 0 aliphatic heterocycles. The third-order valence-electron chi connectivity index (χ3n) is 1.72. The van der Waals surface area contributed by atoms with Crippen LogP contribution in [0, 0.1) is 11.8 Å². The van der Waals surface area contributed by atoms with Crippen molar-refractivity contribution in [3.8, 4) is 0 Å². The summed E-state index contributed by atoms with van der Waals surface area (Å²) in [6, 6.07) is 6.69. The predicted molar refractivity (Wildman–Crippen MR) is 53.8 cm³/mol. The van der Waals surface area contributed by atoms with Gasteiger partial charge in [0.05, 0.1) is 5.29 Å². The van der Waals surface area contributed by atoms with Crippen molar-refractivity contribution in [3.05, 3.63) is 34.7 Å². The zero-order valence-electron chi connectivity index (χ0n) is 8.02. The van der Waals surface area contributed by atoms with Gasteiger partial charge in [-0.2, -0.15) is 5.01 Å². The van der Waals surface area contributed by atoms with Crippen molar-refractivity contribution in [2.45, 2.75) is 6.92 Å². The monoisotopic (exact) mass is 193 g/mol. The molecule has 0 saturated heterocycles. The maximum Gasteiger partial charge on any atom is 0.344 e. The van der Waals surface area contributed by atoms with Gasteiger partial charge in [-0.25, -0.2) is 4.79 Å². The second kappa shape index (κ2) is 4.36. The van der Waals surface area contributed by atoms with Crippen molar-refractivity contribution in [3.63, 3.8) is 0 Å². The van der Waals surface area contributed by atoms with E-state index < -0.39 is 6.03 Å². The van der Waals surface area contributed by atoms with E-state index >= 15 is 0 Å². The molecule has 0 aromatic heterocycles. The maximum atomic E-state index is 11.1. The number of anilines is 1. The standard InChI is InChI=1S/C9H11N3O2/c1-7-3-5-8(6-4-7)10-9(13)12(2)11-14/h3-6H,1-2H3,(H,10,13). The Hall–Kier alpha value is -1.91. The van der Waals surface area contributed by atoms with Crippen LogP contribution in [0.15, 0.2) is 29.6 Å². The molecule has 0 fully saturated rings. The lowest BCUT2D eigenvalue weighted by molar-refractivity contribution is 0.224. The number of benzene rings is 1. The van der Waals surface area contributed by atoms with Gasteiger partial charge in [0.15, 0.2) is 0 Å². The number of urea groups is 1. The predicted octanol–water partition coefficient (Wildman–Crippen LogP) is 2.14. The number of amides is 2. The van der Waals surface area contributed by atoms with E-state index in [1.807, 2.05) is 19.1 Å². The van der Waals surface area contributed by atoms with Gasteiger partial charge < -0.3 is 5.32 Å². The molecule has 0 atom stereocenters. The summed E-state index contributed by atoms with van der Waals surface area (Å²) in [5.41, 5.74) is 1.74. The van der Waals surface area contributed by atoms with Gasteiger partial charge in [-0.05, 0) is 19.1 Å². The fraction of sp³-hybridized carbons (Fsp3) is 0.222. The zero-order chi connectivity index (χ0) is 10.6. The van der Waals surface area contributed by atoms with E-state index in [9.17, 15) is 9.70 Å². The van der Waals surface area contributed by atoms with Gasteiger partial charge >= 0.3 is 6.03 Å². The molecule has 0 radical (unpaired) electrons. The van der Waals surface area contributed by atoms with Crippen LogP contribution < -0.4 is 5.32 Å². The van der Waals surface area contributed by atoms with Crippen LogP contribution in [0.4, 0.5) is 10.5 Å². The zero-order valence-corrected chi connectivity index (χ0v) is 8.02. The Morgan fingerprint density at radius 2 is 1.93 bits per heavy atom. The molecule has 1 aromatic rings. The minimum Gasteiger partial charge on any atom is -0.306 e. The van der Waals surface area contributed by atoms with Crippen LogP contribution in [0.25, 0.3) is 0 Å². The normalized spacial score (nSPS) is 9.29. The lowest BCUT2D eigenvalue weighted by Crippen LogP contribution is -2.26. The first-order valence-electron chi connectivity index (χ1n) is 4.08. The van der Waals surface area contributed by atoms with Crippen LogP contribution in [0.5, 0.6) is 0 Å². The Bertz CT molecular complexity index is 334. The van der Waals surface area contributed by atoms with E-state index in [0.29, 0.717) is 10.7 Å². The smallest absolute Gasteiger partial charge is 0.306 e. The average molecular weight is 193 g/mol. The van der Waals surface area contributed by atoms with Crippen molar-refractivity contribution >= 4 is 11.7 Å². The number of carbonyl (C=O) groups excluding carboxylic acids is 1. The molecular formula is C9H11N3O2. The van der Waals surface area contributed by atoms with Crippen LogP contribution in [-0.4, -0.2) is 18.1 Å². The van der Waals surface area contributed by atoms with Gasteiger partial charge in [-0.1, -0.05) is 17.7 Å². The largest absolute Gasteiger partial charge is 0.344 e. The number of hydrogen-bond acceptors (Lipinski definition) is 3. The fourth-order valence-corrected chi connectivity index (χ4v) is 0.878. The third kappa shape index (κ3) is 2.55. The Kier molecular flexibility index (Phi) is 3.17. The van der Waals surface area contributed by atoms with Gasteiger partial charge in [0.2, 0.25) is 0 Å². The average Bonchev–Trinajstić information content (AvgIpc) is 2.20. The minimum absolute atomic E-state index is 0.552.